The second-order valence-corrected chi connectivity index (χ2v) is 4.84. The summed E-state index contributed by atoms with van der Waals surface area (Å²) < 4.78 is 10.8. The minimum atomic E-state index is 0. The Morgan fingerprint density at radius 1 is 1.22 bits per heavy atom. The third-order valence-electron chi connectivity index (χ3n) is 2.95. The Hall–Kier alpha value is -0.930. The summed E-state index contributed by atoms with van der Waals surface area (Å²) in [7, 11) is 0. The van der Waals surface area contributed by atoms with Gasteiger partial charge in [0.15, 0.2) is 5.96 Å². The van der Waals surface area contributed by atoms with Gasteiger partial charge in [0.05, 0.1) is 26.4 Å². The second kappa shape index (κ2) is 15.9. The van der Waals surface area contributed by atoms with E-state index in [0.717, 1.165) is 38.1 Å². The summed E-state index contributed by atoms with van der Waals surface area (Å²) in [6, 6.07) is 5.87. The summed E-state index contributed by atoms with van der Waals surface area (Å²) in [4.78, 5) is 8.45. The van der Waals surface area contributed by atoms with Gasteiger partial charge >= 0.3 is 0 Å². The van der Waals surface area contributed by atoms with E-state index in [4.69, 9.17) is 15.2 Å². The molecular weight excluding hydrogens is 407 g/mol. The molecule has 3 N–H and O–H groups in total. The van der Waals surface area contributed by atoms with Gasteiger partial charge in [-0.15, -0.1) is 24.0 Å². The highest BCUT2D eigenvalue weighted by Gasteiger charge is 1.95. The minimum Gasteiger partial charge on any atom is -0.379 e. The zero-order valence-corrected chi connectivity index (χ0v) is 16.2. The summed E-state index contributed by atoms with van der Waals surface area (Å²) >= 11 is 0. The van der Waals surface area contributed by atoms with Gasteiger partial charge in [-0.3, -0.25) is 9.98 Å². The molecule has 1 heterocycles. The van der Waals surface area contributed by atoms with Gasteiger partial charge in [0.25, 0.3) is 0 Å². The van der Waals surface area contributed by atoms with Crippen LogP contribution in [-0.2, 0) is 15.9 Å². The van der Waals surface area contributed by atoms with Crippen LogP contribution < -0.4 is 11.1 Å². The monoisotopic (exact) mass is 436 g/mol. The lowest BCUT2D eigenvalue weighted by Crippen LogP contribution is -2.33. The number of aromatic nitrogens is 1. The van der Waals surface area contributed by atoms with Crippen molar-refractivity contribution in [3.05, 3.63) is 30.1 Å². The molecule has 0 spiro atoms. The van der Waals surface area contributed by atoms with E-state index in [1.807, 2.05) is 18.2 Å². The molecule has 1 rings (SSSR count). The molecule has 6 nitrogen and oxygen atoms in total. The van der Waals surface area contributed by atoms with Crippen LogP contribution in [0.1, 0.15) is 25.5 Å². The number of guanidine groups is 1. The van der Waals surface area contributed by atoms with Crippen molar-refractivity contribution >= 4 is 29.9 Å². The molecule has 0 atom stereocenters. The Balaban J connectivity index is 0.00000484. The van der Waals surface area contributed by atoms with Crippen LogP contribution in [0.5, 0.6) is 0 Å². The van der Waals surface area contributed by atoms with Crippen LogP contribution in [0.25, 0.3) is 0 Å². The molecule has 0 bridgehead atoms. The minimum absolute atomic E-state index is 0. The van der Waals surface area contributed by atoms with Crippen molar-refractivity contribution in [1.82, 2.24) is 10.3 Å². The van der Waals surface area contributed by atoms with E-state index in [0.29, 0.717) is 32.3 Å². The molecule has 0 aromatic carbocycles. The first-order valence-corrected chi connectivity index (χ1v) is 7.92. The van der Waals surface area contributed by atoms with Crippen molar-refractivity contribution in [3.63, 3.8) is 0 Å². The molecule has 0 saturated carbocycles. The maximum Gasteiger partial charge on any atom is 0.188 e. The largest absolute Gasteiger partial charge is 0.379 e. The quantitative estimate of drug-likeness (QED) is 0.227. The van der Waals surface area contributed by atoms with E-state index in [2.05, 4.69) is 22.2 Å². The second-order valence-electron chi connectivity index (χ2n) is 4.84. The highest BCUT2D eigenvalue weighted by atomic mass is 127. The van der Waals surface area contributed by atoms with Gasteiger partial charge < -0.3 is 20.5 Å². The third kappa shape index (κ3) is 13.2. The highest BCUT2D eigenvalue weighted by molar-refractivity contribution is 14.0. The molecule has 1 aromatic heterocycles. The molecule has 0 radical (unpaired) electrons. The number of nitrogens with zero attached hydrogens (tertiary/aromatic N) is 2. The van der Waals surface area contributed by atoms with Crippen molar-refractivity contribution in [2.45, 2.75) is 26.2 Å². The van der Waals surface area contributed by atoms with Crippen LogP contribution in [-0.4, -0.2) is 50.5 Å². The predicted octanol–water partition coefficient (Wildman–Crippen LogP) is 1.98. The van der Waals surface area contributed by atoms with Gasteiger partial charge in [-0.2, -0.15) is 0 Å². The molecule has 0 aliphatic rings. The lowest BCUT2D eigenvalue weighted by atomic mass is 10.3. The molecule has 0 aliphatic carbocycles. The number of rotatable bonds is 12. The van der Waals surface area contributed by atoms with E-state index in [1.54, 1.807) is 6.20 Å². The molecule has 0 amide bonds. The van der Waals surface area contributed by atoms with Crippen LogP contribution in [0, 0.1) is 0 Å². The molecule has 23 heavy (non-hydrogen) atoms. The van der Waals surface area contributed by atoms with Crippen LogP contribution in [0.15, 0.2) is 29.4 Å². The molecule has 132 valence electrons. The van der Waals surface area contributed by atoms with Crippen molar-refractivity contribution in [1.29, 1.82) is 0 Å². The average molecular weight is 436 g/mol. The summed E-state index contributed by atoms with van der Waals surface area (Å²) in [6.07, 6.45) is 4.87. The molecule has 0 aliphatic heterocycles. The number of nitrogens with one attached hydrogen (secondary N) is 1. The number of pyridine rings is 1. The van der Waals surface area contributed by atoms with Crippen LogP contribution in [0.3, 0.4) is 0 Å². The van der Waals surface area contributed by atoms with Gasteiger partial charge in [0.2, 0.25) is 0 Å². The maximum absolute atomic E-state index is 5.77. The smallest absolute Gasteiger partial charge is 0.188 e. The van der Waals surface area contributed by atoms with E-state index in [9.17, 15) is 0 Å². The lowest BCUT2D eigenvalue weighted by Gasteiger charge is -2.06. The maximum atomic E-state index is 5.77. The molecule has 1 aromatic rings. The number of aliphatic imine (C=N–C) groups is 1. The zero-order valence-electron chi connectivity index (χ0n) is 13.9. The van der Waals surface area contributed by atoms with Gasteiger partial charge in [-0.05, 0) is 18.6 Å². The highest BCUT2D eigenvalue weighted by Crippen LogP contribution is 1.92. The zero-order chi connectivity index (χ0) is 15.9. The topological polar surface area (TPSA) is 81.8 Å². The standard InChI is InChI=1S/C16H28N4O2.HI/c1-2-3-11-21-13-14-22-12-10-20-16(17)19-9-7-15-6-4-5-8-18-15;/h4-6,8H,2-3,7,9-14H2,1H3,(H3,17,19,20);1H. The summed E-state index contributed by atoms with van der Waals surface area (Å²) in [5, 5.41) is 3.06. The predicted molar refractivity (Wildman–Crippen MR) is 104 cm³/mol. The fourth-order valence-corrected chi connectivity index (χ4v) is 1.72. The molecule has 0 fully saturated rings. The van der Waals surface area contributed by atoms with Gasteiger partial charge in [-0.25, -0.2) is 0 Å². The fraction of sp³-hybridized carbons (Fsp3) is 0.625. The van der Waals surface area contributed by atoms with E-state index >= 15 is 0 Å². The van der Waals surface area contributed by atoms with Gasteiger partial charge in [0, 0.05) is 31.5 Å². The Morgan fingerprint density at radius 3 is 2.70 bits per heavy atom. The molecule has 0 saturated heterocycles. The molecule has 0 unspecified atom stereocenters. The van der Waals surface area contributed by atoms with E-state index in [-0.39, 0.29) is 24.0 Å². The number of unbranched alkanes of at least 4 members (excludes halogenated alkanes) is 1. The van der Waals surface area contributed by atoms with E-state index < -0.39 is 0 Å². The van der Waals surface area contributed by atoms with Crippen molar-refractivity contribution in [2.24, 2.45) is 10.7 Å². The van der Waals surface area contributed by atoms with Gasteiger partial charge in [0.1, 0.15) is 0 Å². The Kier molecular flexibility index (Phi) is 15.3. The van der Waals surface area contributed by atoms with Crippen LogP contribution in [0.2, 0.25) is 0 Å². The number of ether oxygens (including phenoxy) is 2. The SMILES string of the molecule is CCCCOCCOCCN=C(N)NCCc1ccccn1.I. The first-order valence-electron chi connectivity index (χ1n) is 7.92. The van der Waals surface area contributed by atoms with Crippen molar-refractivity contribution < 1.29 is 9.47 Å². The summed E-state index contributed by atoms with van der Waals surface area (Å²) in [5.74, 6) is 0.443. The Morgan fingerprint density at radius 2 is 2.00 bits per heavy atom. The van der Waals surface area contributed by atoms with Crippen LogP contribution >= 0.6 is 24.0 Å². The average Bonchev–Trinajstić information content (AvgIpc) is 2.54. The van der Waals surface area contributed by atoms with Gasteiger partial charge in [-0.1, -0.05) is 19.4 Å². The lowest BCUT2D eigenvalue weighted by molar-refractivity contribution is 0.0497. The fourth-order valence-electron chi connectivity index (χ4n) is 1.72. The normalized spacial score (nSPS) is 11.1. The number of hydrogen-bond acceptors (Lipinski definition) is 4. The summed E-state index contributed by atoms with van der Waals surface area (Å²) in [5.41, 5.74) is 6.81. The molecular formula is C16H29IN4O2. The summed E-state index contributed by atoms with van der Waals surface area (Å²) in [6.45, 7) is 6.03. The van der Waals surface area contributed by atoms with Crippen LogP contribution in [0.4, 0.5) is 0 Å². The van der Waals surface area contributed by atoms with E-state index in [1.165, 1.54) is 0 Å². The Bertz CT molecular complexity index is 404. The van der Waals surface area contributed by atoms with Crippen molar-refractivity contribution in [3.8, 4) is 0 Å². The number of hydrogen-bond donors (Lipinski definition) is 2. The first kappa shape index (κ1) is 22.1. The van der Waals surface area contributed by atoms with Crippen molar-refractivity contribution in [2.75, 3.05) is 39.5 Å². The first-order chi connectivity index (χ1) is 10.8. The number of halogens is 1. The third-order valence-corrected chi connectivity index (χ3v) is 2.95. The number of nitrogens with two attached hydrogens (primary N) is 1. The Labute approximate surface area is 156 Å². The molecule has 7 heteroatoms.